The molecule has 3 amide bonds. The van der Waals surface area contributed by atoms with E-state index in [0.29, 0.717) is 5.69 Å². The summed E-state index contributed by atoms with van der Waals surface area (Å²) in [6, 6.07) is 12.8. The number of nitrogens with one attached hydrogen (secondary N) is 2. The Morgan fingerprint density at radius 1 is 1.04 bits per heavy atom. The Balaban J connectivity index is 1.90. The van der Waals surface area contributed by atoms with Gasteiger partial charge in [0, 0.05) is 22.9 Å². The summed E-state index contributed by atoms with van der Waals surface area (Å²) in [5.74, 6) is -0.248. The number of rotatable bonds is 4. The van der Waals surface area contributed by atoms with Gasteiger partial charge < -0.3 is 15.5 Å². The molecule has 0 spiro atoms. The summed E-state index contributed by atoms with van der Waals surface area (Å²) in [6.07, 6.45) is 0. The zero-order chi connectivity index (χ0) is 17.7. The average Bonchev–Trinajstić information content (AvgIpc) is 2.52. The molecule has 0 unspecified atom stereocenters. The van der Waals surface area contributed by atoms with Crippen LogP contribution in [0.2, 0.25) is 0 Å². The number of halogens is 1. The smallest absolute Gasteiger partial charge is 0.322 e. The maximum atomic E-state index is 12.1. The maximum Gasteiger partial charge on any atom is 0.322 e. The van der Waals surface area contributed by atoms with Gasteiger partial charge in [-0.2, -0.15) is 0 Å². The number of anilines is 2. The lowest BCUT2D eigenvalue weighted by Crippen LogP contribution is -2.37. The molecule has 6 heteroatoms. The molecule has 0 radical (unpaired) electrons. The van der Waals surface area contributed by atoms with Crippen molar-refractivity contribution in [1.82, 2.24) is 4.90 Å². The SMILES string of the molecule is Cc1ccc(NC(=O)N(C)CC(=O)Nc2ccc(Br)cc2C)cc1. The number of hydrogen-bond acceptors (Lipinski definition) is 2. The molecule has 126 valence electrons. The van der Waals surface area contributed by atoms with Crippen LogP contribution >= 0.6 is 15.9 Å². The zero-order valence-corrected chi connectivity index (χ0v) is 15.5. The van der Waals surface area contributed by atoms with Gasteiger partial charge in [0.1, 0.15) is 6.54 Å². The summed E-state index contributed by atoms with van der Waals surface area (Å²) in [6.45, 7) is 3.85. The third-order valence-electron chi connectivity index (χ3n) is 3.49. The summed E-state index contributed by atoms with van der Waals surface area (Å²) >= 11 is 3.38. The molecule has 0 aromatic heterocycles. The first-order valence-electron chi connectivity index (χ1n) is 7.50. The normalized spacial score (nSPS) is 10.2. The molecule has 0 heterocycles. The summed E-state index contributed by atoms with van der Waals surface area (Å²) in [5.41, 5.74) is 3.49. The minimum Gasteiger partial charge on any atom is -0.324 e. The summed E-state index contributed by atoms with van der Waals surface area (Å²) in [5, 5.41) is 5.57. The van der Waals surface area contributed by atoms with Crippen LogP contribution in [0.15, 0.2) is 46.9 Å². The van der Waals surface area contributed by atoms with Gasteiger partial charge in [-0.25, -0.2) is 4.79 Å². The van der Waals surface area contributed by atoms with Crippen LogP contribution in [-0.2, 0) is 4.79 Å². The number of hydrogen-bond donors (Lipinski definition) is 2. The lowest BCUT2D eigenvalue weighted by Gasteiger charge is -2.18. The molecule has 0 bridgehead atoms. The second kappa shape index (κ2) is 7.97. The molecular weight excluding hydrogens is 370 g/mol. The lowest BCUT2D eigenvalue weighted by atomic mass is 10.2. The number of nitrogens with zero attached hydrogens (tertiary/aromatic N) is 1. The van der Waals surface area contributed by atoms with Gasteiger partial charge in [0.15, 0.2) is 0 Å². The molecule has 2 aromatic rings. The minimum atomic E-state index is -0.332. The number of amides is 3. The highest BCUT2D eigenvalue weighted by molar-refractivity contribution is 9.10. The molecule has 0 fully saturated rings. The number of carbonyl (C=O) groups excluding carboxylic acids is 2. The number of urea groups is 1. The molecule has 0 atom stereocenters. The minimum absolute atomic E-state index is 0.0345. The molecule has 2 rings (SSSR count). The standard InChI is InChI=1S/C18H20BrN3O2/c1-12-4-7-15(8-5-12)20-18(24)22(3)11-17(23)21-16-9-6-14(19)10-13(16)2/h4-10H,11H2,1-3H3,(H,20,24)(H,21,23). The van der Waals surface area contributed by atoms with E-state index >= 15 is 0 Å². The second-order valence-corrected chi connectivity index (χ2v) is 6.58. The van der Waals surface area contributed by atoms with Crippen LogP contribution in [-0.4, -0.2) is 30.4 Å². The molecule has 0 aliphatic carbocycles. The third kappa shape index (κ3) is 5.09. The van der Waals surface area contributed by atoms with Gasteiger partial charge in [-0.05, 0) is 49.7 Å². The summed E-state index contributed by atoms with van der Waals surface area (Å²) in [4.78, 5) is 25.6. The van der Waals surface area contributed by atoms with Gasteiger partial charge >= 0.3 is 6.03 Å². The van der Waals surface area contributed by atoms with E-state index in [1.807, 2.05) is 56.3 Å². The van der Waals surface area contributed by atoms with Crippen molar-refractivity contribution in [3.8, 4) is 0 Å². The molecule has 0 aliphatic heterocycles. The molecule has 0 aliphatic rings. The Morgan fingerprint density at radius 3 is 2.33 bits per heavy atom. The largest absolute Gasteiger partial charge is 0.324 e. The van der Waals surface area contributed by atoms with E-state index in [2.05, 4.69) is 26.6 Å². The quantitative estimate of drug-likeness (QED) is 0.823. The zero-order valence-electron chi connectivity index (χ0n) is 13.9. The molecule has 2 aromatic carbocycles. The Hall–Kier alpha value is -2.34. The van der Waals surface area contributed by atoms with Crippen LogP contribution in [0.25, 0.3) is 0 Å². The maximum absolute atomic E-state index is 12.1. The monoisotopic (exact) mass is 389 g/mol. The van der Waals surface area contributed by atoms with Crippen molar-refractivity contribution in [2.75, 3.05) is 24.2 Å². The van der Waals surface area contributed by atoms with Crippen LogP contribution < -0.4 is 10.6 Å². The first-order chi connectivity index (χ1) is 11.3. The Kier molecular flexibility index (Phi) is 5.98. The molecular formula is C18H20BrN3O2. The Labute approximate surface area is 150 Å². The molecule has 0 saturated carbocycles. The van der Waals surface area contributed by atoms with Crippen molar-refractivity contribution in [2.24, 2.45) is 0 Å². The fraction of sp³-hybridized carbons (Fsp3) is 0.222. The highest BCUT2D eigenvalue weighted by atomic mass is 79.9. The first-order valence-corrected chi connectivity index (χ1v) is 8.29. The van der Waals surface area contributed by atoms with E-state index in [1.165, 1.54) is 4.90 Å². The fourth-order valence-electron chi connectivity index (χ4n) is 2.10. The van der Waals surface area contributed by atoms with E-state index in [4.69, 9.17) is 0 Å². The van der Waals surface area contributed by atoms with Gasteiger partial charge in [-0.1, -0.05) is 33.6 Å². The number of aryl methyl sites for hydroxylation is 2. The predicted octanol–water partition coefficient (Wildman–Crippen LogP) is 4.17. The van der Waals surface area contributed by atoms with Crippen molar-refractivity contribution in [1.29, 1.82) is 0 Å². The summed E-state index contributed by atoms with van der Waals surface area (Å²) in [7, 11) is 1.58. The van der Waals surface area contributed by atoms with Crippen LogP contribution in [0.4, 0.5) is 16.2 Å². The van der Waals surface area contributed by atoms with Gasteiger partial charge in [0.25, 0.3) is 0 Å². The van der Waals surface area contributed by atoms with Crippen molar-refractivity contribution in [3.63, 3.8) is 0 Å². The average molecular weight is 390 g/mol. The molecule has 2 N–H and O–H groups in total. The van der Waals surface area contributed by atoms with Crippen LogP contribution in [0.1, 0.15) is 11.1 Å². The number of likely N-dealkylation sites (N-methyl/N-ethyl adjacent to an activating group) is 1. The van der Waals surface area contributed by atoms with Gasteiger partial charge in [0.2, 0.25) is 5.91 Å². The van der Waals surface area contributed by atoms with Crippen molar-refractivity contribution in [3.05, 3.63) is 58.1 Å². The molecule has 0 saturated heterocycles. The van der Waals surface area contributed by atoms with E-state index in [1.54, 1.807) is 7.05 Å². The van der Waals surface area contributed by atoms with E-state index in [0.717, 1.165) is 21.3 Å². The van der Waals surface area contributed by atoms with Crippen molar-refractivity contribution < 1.29 is 9.59 Å². The van der Waals surface area contributed by atoms with Gasteiger partial charge in [0.05, 0.1) is 0 Å². The lowest BCUT2D eigenvalue weighted by molar-refractivity contribution is -0.116. The second-order valence-electron chi connectivity index (χ2n) is 5.66. The highest BCUT2D eigenvalue weighted by Gasteiger charge is 2.14. The van der Waals surface area contributed by atoms with E-state index in [9.17, 15) is 9.59 Å². The van der Waals surface area contributed by atoms with Crippen molar-refractivity contribution >= 4 is 39.2 Å². The topological polar surface area (TPSA) is 61.4 Å². The summed E-state index contributed by atoms with van der Waals surface area (Å²) < 4.78 is 0.951. The first kappa shape index (κ1) is 18.0. The van der Waals surface area contributed by atoms with Crippen LogP contribution in [0, 0.1) is 13.8 Å². The third-order valence-corrected chi connectivity index (χ3v) is 3.99. The van der Waals surface area contributed by atoms with Gasteiger partial charge in [-0.3, -0.25) is 4.79 Å². The van der Waals surface area contributed by atoms with Crippen LogP contribution in [0.5, 0.6) is 0 Å². The van der Waals surface area contributed by atoms with Crippen molar-refractivity contribution in [2.45, 2.75) is 13.8 Å². The van der Waals surface area contributed by atoms with E-state index < -0.39 is 0 Å². The number of carbonyl (C=O) groups is 2. The van der Waals surface area contributed by atoms with Crippen LogP contribution in [0.3, 0.4) is 0 Å². The predicted molar refractivity (Wildman–Crippen MR) is 100 cm³/mol. The van der Waals surface area contributed by atoms with E-state index in [-0.39, 0.29) is 18.5 Å². The fourth-order valence-corrected chi connectivity index (χ4v) is 2.58. The van der Waals surface area contributed by atoms with Gasteiger partial charge in [-0.15, -0.1) is 0 Å². The Morgan fingerprint density at radius 2 is 1.71 bits per heavy atom. The molecule has 5 nitrogen and oxygen atoms in total. The highest BCUT2D eigenvalue weighted by Crippen LogP contribution is 2.20. The Bertz CT molecular complexity index is 744. The number of benzene rings is 2. The molecule has 24 heavy (non-hydrogen) atoms.